The van der Waals surface area contributed by atoms with Crippen molar-refractivity contribution in [3.8, 4) is 11.1 Å². The lowest BCUT2D eigenvalue weighted by Crippen LogP contribution is -2.11. The Morgan fingerprint density at radius 3 is 1.80 bits per heavy atom. The van der Waals surface area contributed by atoms with Crippen LogP contribution in [0.3, 0.4) is 0 Å². The maximum atomic E-state index is 12.6. The van der Waals surface area contributed by atoms with Gasteiger partial charge < -0.3 is 0 Å². The van der Waals surface area contributed by atoms with Crippen LogP contribution in [0.2, 0.25) is 0 Å². The van der Waals surface area contributed by atoms with Crippen LogP contribution in [-0.4, -0.2) is 0 Å². The molecule has 0 nitrogen and oxygen atoms in total. The van der Waals surface area contributed by atoms with Crippen molar-refractivity contribution in [1.29, 1.82) is 0 Å². The molecule has 0 heterocycles. The summed E-state index contributed by atoms with van der Waals surface area (Å²) < 4.78 is 37.9. The normalized spacial score (nSPS) is 21.6. The van der Waals surface area contributed by atoms with E-state index in [9.17, 15) is 13.2 Å². The van der Waals surface area contributed by atoms with E-state index >= 15 is 0 Å². The zero-order valence-electron chi connectivity index (χ0n) is 13.8. The average molecular weight is 365 g/mol. The van der Waals surface area contributed by atoms with Crippen molar-refractivity contribution >= 4 is 11.6 Å². The van der Waals surface area contributed by atoms with Gasteiger partial charge in [-0.25, -0.2) is 0 Å². The number of hydrogen-bond donors (Lipinski definition) is 0. The van der Waals surface area contributed by atoms with Gasteiger partial charge >= 0.3 is 6.18 Å². The molecule has 1 fully saturated rings. The molecule has 0 bridgehead atoms. The third-order valence-corrected chi connectivity index (χ3v) is 5.19. The van der Waals surface area contributed by atoms with Gasteiger partial charge in [0.05, 0.1) is 5.56 Å². The van der Waals surface area contributed by atoms with E-state index in [1.54, 1.807) is 5.54 Å². The Balaban J connectivity index is 1.68. The predicted molar refractivity (Wildman–Crippen MR) is 96.6 cm³/mol. The highest BCUT2D eigenvalue weighted by molar-refractivity contribution is 6.25. The Morgan fingerprint density at radius 2 is 1.32 bits per heavy atom. The van der Waals surface area contributed by atoms with E-state index in [2.05, 4.69) is 18.2 Å². The number of rotatable bonds is 3. The summed E-state index contributed by atoms with van der Waals surface area (Å²) in [5, 5.41) is 0. The summed E-state index contributed by atoms with van der Waals surface area (Å²) in [7, 11) is 0. The monoisotopic (exact) mass is 364 g/mol. The number of allylic oxidation sites excluding steroid dienone is 1. The summed E-state index contributed by atoms with van der Waals surface area (Å²) in [6, 6.07) is 13.5. The fourth-order valence-electron chi connectivity index (χ4n) is 3.55. The summed E-state index contributed by atoms with van der Waals surface area (Å²) >= 11 is 5.66. The van der Waals surface area contributed by atoms with Gasteiger partial charge in [0, 0.05) is 5.54 Å². The third kappa shape index (κ3) is 4.46. The fraction of sp³-hybridized carbons (Fsp3) is 0.333. The number of benzene rings is 2. The summed E-state index contributed by atoms with van der Waals surface area (Å²) in [6.07, 6.45) is 2.37. The van der Waals surface area contributed by atoms with Crippen LogP contribution in [0.1, 0.15) is 42.7 Å². The van der Waals surface area contributed by atoms with Crippen molar-refractivity contribution in [3.05, 3.63) is 71.3 Å². The van der Waals surface area contributed by atoms with Crippen LogP contribution in [0.5, 0.6) is 0 Å². The summed E-state index contributed by atoms with van der Waals surface area (Å²) in [5.74, 6) is 1.14. The maximum Gasteiger partial charge on any atom is 0.416 e. The highest BCUT2D eigenvalue weighted by atomic mass is 35.5. The molecule has 25 heavy (non-hydrogen) atoms. The van der Waals surface area contributed by atoms with Gasteiger partial charge in [-0.2, -0.15) is 13.2 Å². The quantitative estimate of drug-likeness (QED) is 0.532. The molecule has 0 radical (unpaired) electrons. The number of halogens is 4. The third-order valence-electron chi connectivity index (χ3n) is 5.04. The number of alkyl halides is 3. The summed E-state index contributed by atoms with van der Waals surface area (Å²) in [5.41, 5.74) is 4.05. The lowest BCUT2D eigenvalue weighted by molar-refractivity contribution is -0.137. The van der Waals surface area contributed by atoms with E-state index < -0.39 is 11.7 Å². The van der Waals surface area contributed by atoms with Crippen molar-refractivity contribution in [2.75, 3.05) is 0 Å². The standard InChI is InChI=1S/C21H20ClF3/c22-14-13-15-1-3-16(4-2-15)17-5-7-18(8-6-17)19-9-11-20(12-10-19)21(23,24)25/h5-16H,1-4H2. The van der Waals surface area contributed by atoms with Crippen LogP contribution in [0.25, 0.3) is 11.1 Å². The van der Waals surface area contributed by atoms with Gasteiger partial charge in [0.25, 0.3) is 0 Å². The summed E-state index contributed by atoms with van der Waals surface area (Å²) in [4.78, 5) is 0. The summed E-state index contributed by atoms with van der Waals surface area (Å²) in [6.45, 7) is 0. The molecule has 0 amide bonds. The Bertz CT molecular complexity index is 706. The molecular weight excluding hydrogens is 345 g/mol. The minimum Gasteiger partial charge on any atom is -0.166 e. The van der Waals surface area contributed by atoms with Crippen LogP contribution in [0.15, 0.2) is 60.1 Å². The van der Waals surface area contributed by atoms with E-state index in [0.29, 0.717) is 11.8 Å². The van der Waals surface area contributed by atoms with Gasteiger partial charge in [-0.1, -0.05) is 54.1 Å². The molecule has 0 spiro atoms. The molecule has 1 aliphatic carbocycles. The van der Waals surface area contributed by atoms with Crippen LogP contribution in [0.4, 0.5) is 13.2 Å². The molecule has 4 heteroatoms. The second-order valence-electron chi connectivity index (χ2n) is 6.63. The lowest BCUT2D eigenvalue weighted by Gasteiger charge is -2.27. The first-order valence-electron chi connectivity index (χ1n) is 8.52. The van der Waals surface area contributed by atoms with Gasteiger partial charge in [-0.3, -0.25) is 0 Å². The van der Waals surface area contributed by atoms with Crippen molar-refractivity contribution in [3.63, 3.8) is 0 Å². The van der Waals surface area contributed by atoms with Gasteiger partial charge in [0.1, 0.15) is 0 Å². The number of hydrogen-bond acceptors (Lipinski definition) is 0. The van der Waals surface area contributed by atoms with E-state index in [1.165, 1.54) is 17.7 Å². The highest BCUT2D eigenvalue weighted by Gasteiger charge is 2.30. The van der Waals surface area contributed by atoms with E-state index in [4.69, 9.17) is 11.6 Å². The van der Waals surface area contributed by atoms with Crippen LogP contribution < -0.4 is 0 Å². The zero-order valence-corrected chi connectivity index (χ0v) is 14.5. The van der Waals surface area contributed by atoms with Gasteiger partial charge in [-0.05, 0) is 66.3 Å². The van der Waals surface area contributed by atoms with Gasteiger partial charge in [0.15, 0.2) is 0 Å². The van der Waals surface area contributed by atoms with Gasteiger partial charge in [-0.15, -0.1) is 0 Å². The van der Waals surface area contributed by atoms with Crippen LogP contribution in [0, 0.1) is 5.92 Å². The molecule has 132 valence electrons. The molecule has 2 aromatic rings. The van der Waals surface area contributed by atoms with E-state index in [0.717, 1.165) is 48.9 Å². The topological polar surface area (TPSA) is 0 Å². The van der Waals surface area contributed by atoms with E-state index in [-0.39, 0.29) is 0 Å². The van der Waals surface area contributed by atoms with Crippen LogP contribution >= 0.6 is 11.6 Å². The Kier molecular flexibility index (Phi) is 5.53. The first-order chi connectivity index (χ1) is 12.0. The Hall–Kier alpha value is -1.74. The second-order valence-corrected chi connectivity index (χ2v) is 6.88. The second kappa shape index (κ2) is 7.65. The first-order valence-corrected chi connectivity index (χ1v) is 8.95. The SMILES string of the molecule is FC(F)(F)c1ccc(-c2ccc(C3CCC(C=CCl)CC3)cc2)cc1. The molecule has 2 aromatic carbocycles. The molecule has 1 saturated carbocycles. The molecule has 0 unspecified atom stereocenters. The van der Waals surface area contributed by atoms with Crippen molar-refractivity contribution in [2.45, 2.75) is 37.8 Å². The minimum atomic E-state index is -4.29. The molecule has 0 N–H and O–H groups in total. The molecular formula is C21H20ClF3. The molecule has 0 aliphatic heterocycles. The lowest BCUT2D eigenvalue weighted by atomic mass is 9.78. The average Bonchev–Trinajstić information content (AvgIpc) is 2.62. The maximum absolute atomic E-state index is 12.6. The predicted octanol–water partition coefficient (Wildman–Crippen LogP) is 7.40. The zero-order chi connectivity index (χ0) is 17.9. The molecule has 3 rings (SSSR count). The van der Waals surface area contributed by atoms with Crippen molar-refractivity contribution in [1.82, 2.24) is 0 Å². The van der Waals surface area contributed by atoms with Crippen molar-refractivity contribution in [2.24, 2.45) is 5.92 Å². The fourth-order valence-corrected chi connectivity index (χ4v) is 3.75. The highest BCUT2D eigenvalue weighted by Crippen LogP contribution is 2.37. The molecule has 0 saturated heterocycles. The van der Waals surface area contributed by atoms with E-state index in [1.807, 2.05) is 12.1 Å². The van der Waals surface area contributed by atoms with Gasteiger partial charge in [0.2, 0.25) is 0 Å². The largest absolute Gasteiger partial charge is 0.416 e. The molecule has 0 atom stereocenters. The Labute approximate surface area is 151 Å². The van der Waals surface area contributed by atoms with Crippen LogP contribution in [-0.2, 0) is 6.18 Å². The molecule has 0 aromatic heterocycles. The minimum absolute atomic E-state index is 0.557. The van der Waals surface area contributed by atoms with Crippen molar-refractivity contribution < 1.29 is 13.2 Å². The Morgan fingerprint density at radius 1 is 0.800 bits per heavy atom. The smallest absolute Gasteiger partial charge is 0.166 e. The first kappa shape index (κ1) is 18.1. The molecule has 1 aliphatic rings.